The number of ether oxygens (including phenoxy) is 1. The van der Waals surface area contributed by atoms with Gasteiger partial charge in [0.15, 0.2) is 0 Å². The average Bonchev–Trinajstić information content (AvgIpc) is 3.32. The molecule has 0 spiro atoms. The van der Waals surface area contributed by atoms with Crippen molar-refractivity contribution in [3.63, 3.8) is 0 Å². The highest BCUT2D eigenvalue weighted by atomic mass is 32.2. The molecule has 3 rings (SSSR count). The largest absolute Gasteiger partial charge is 0.469 e. The molecule has 2 aromatic rings. The topological polar surface area (TPSA) is 85.6 Å². The summed E-state index contributed by atoms with van der Waals surface area (Å²) in [6.07, 6.45) is 4.02. The van der Waals surface area contributed by atoms with Gasteiger partial charge in [0.05, 0.1) is 24.0 Å². The van der Waals surface area contributed by atoms with Crippen molar-refractivity contribution < 1.29 is 23.1 Å². The van der Waals surface area contributed by atoms with Crippen LogP contribution in [0.15, 0.2) is 65.8 Å². The Kier molecular flexibility index (Phi) is 5.53. The van der Waals surface area contributed by atoms with Crippen molar-refractivity contribution >= 4 is 16.0 Å². The van der Waals surface area contributed by atoms with Gasteiger partial charge >= 0.3 is 5.97 Å². The monoisotopic (exact) mass is 389 g/mol. The van der Waals surface area contributed by atoms with Crippen molar-refractivity contribution in [1.82, 2.24) is 3.97 Å². The van der Waals surface area contributed by atoms with Crippen molar-refractivity contribution in [2.24, 2.45) is 11.8 Å². The normalized spacial score (nSPS) is 19.6. The molecule has 3 unspecified atom stereocenters. The molecule has 1 heterocycles. The predicted octanol–water partition coefficient (Wildman–Crippen LogP) is 2.90. The molecule has 27 heavy (non-hydrogen) atoms. The van der Waals surface area contributed by atoms with Gasteiger partial charge in [-0.3, -0.25) is 4.79 Å². The molecule has 1 saturated carbocycles. The minimum Gasteiger partial charge on any atom is -0.469 e. The van der Waals surface area contributed by atoms with Crippen LogP contribution >= 0.6 is 0 Å². The molecular formula is C20H23NO5S. The van der Waals surface area contributed by atoms with E-state index in [-0.39, 0.29) is 10.8 Å². The second-order valence-corrected chi connectivity index (χ2v) is 8.59. The maximum absolute atomic E-state index is 12.7. The summed E-state index contributed by atoms with van der Waals surface area (Å²) < 4.78 is 31.4. The zero-order chi connectivity index (χ0) is 19.6. The van der Waals surface area contributed by atoms with Gasteiger partial charge in [-0.25, -0.2) is 12.4 Å². The van der Waals surface area contributed by atoms with Gasteiger partial charge in [0.2, 0.25) is 0 Å². The van der Waals surface area contributed by atoms with Gasteiger partial charge in [0.25, 0.3) is 10.0 Å². The molecule has 0 aliphatic heterocycles. The number of hydrogen-bond donors (Lipinski definition) is 1. The Balaban J connectivity index is 1.92. The van der Waals surface area contributed by atoms with Crippen LogP contribution in [0.3, 0.4) is 0 Å². The molecule has 0 bridgehead atoms. The van der Waals surface area contributed by atoms with E-state index in [1.54, 1.807) is 18.2 Å². The van der Waals surface area contributed by atoms with Gasteiger partial charge in [-0.05, 0) is 43.4 Å². The number of carbonyl (C=O) groups excluding carboxylic acids is 1. The summed E-state index contributed by atoms with van der Waals surface area (Å²) in [7, 11) is -2.48. The van der Waals surface area contributed by atoms with Gasteiger partial charge in [-0.15, -0.1) is 0 Å². The standard InChI is InChI=1S/C20H23NO5S/c1-14-7-6-10-17(14)18(20(23)26-2)19(22)15-11-12-21(13-15)27(24,25)16-8-4-3-5-9-16/h3-5,8-9,11-13,17-19,22H,1,6-7,10H2,2H3. The first-order chi connectivity index (χ1) is 12.9. The number of methoxy groups -OCH3 is 1. The third-order valence-corrected chi connectivity index (χ3v) is 6.78. The summed E-state index contributed by atoms with van der Waals surface area (Å²) >= 11 is 0. The summed E-state index contributed by atoms with van der Waals surface area (Å²) in [5.41, 5.74) is 1.27. The third kappa shape index (κ3) is 3.70. The molecule has 144 valence electrons. The minimum atomic E-state index is -3.76. The Bertz CT molecular complexity index is 932. The summed E-state index contributed by atoms with van der Waals surface area (Å²) in [5.74, 6) is -1.50. The number of aliphatic hydroxyl groups is 1. The molecule has 1 aliphatic rings. The maximum Gasteiger partial charge on any atom is 0.312 e. The number of esters is 1. The van der Waals surface area contributed by atoms with Crippen LogP contribution in [0.1, 0.15) is 30.9 Å². The van der Waals surface area contributed by atoms with Crippen LogP contribution in [0.4, 0.5) is 0 Å². The highest BCUT2D eigenvalue weighted by Crippen LogP contribution is 2.41. The number of aliphatic hydroxyl groups excluding tert-OH is 1. The fourth-order valence-corrected chi connectivity index (χ4v) is 4.89. The molecule has 1 aromatic heterocycles. The Labute approximate surface area is 159 Å². The Morgan fingerprint density at radius 2 is 2.00 bits per heavy atom. The van der Waals surface area contributed by atoms with E-state index in [2.05, 4.69) is 6.58 Å². The van der Waals surface area contributed by atoms with E-state index < -0.39 is 28.0 Å². The minimum absolute atomic E-state index is 0.148. The Morgan fingerprint density at radius 3 is 2.59 bits per heavy atom. The number of carbonyl (C=O) groups is 1. The first-order valence-electron chi connectivity index (χ1n) is 8.78. The number of nitrogens with zero attached hydrogens (tertiary/aromatic N) is 1. The summed E-state index contributed by atoms with van der Waals surface area (Å²) in [4.78, 5) is 12.5. The van der Waals surface area contributed by atoms with Crippen molar-refractivity contribution in [3.8, 4) is 0 Å². The third-order valence-electron chi connectivity index (χ3n) is 5.13. The van der Waals surface area contributed by atoms with E-state index in [0.29, 0.717) is 5.56 Å². The molecule has 3 atom stereocenters. The maximum atomic E-state index is 12.7. The lowest BCUT2D eigenvalue weighted by atomic mass is 9.82. The number of benzene rings is 1. The van der Waals surface area contributed by atoms with E-state index >= 15 is 0 Å². The highest BCUT2D eigenvalue weighted by molar-refractivity contribution is 7.90. The van der Waals surface area contributed by atoms with Crippen LogP contribution < -0.4 is 0 Å². The van der Waals surface area contributed by atoms with Crippen molar-refractivity contribution in [2.75, 3.05) is 7.11 Å². The van der Waals surface area contributed by atoms with Gasteiger partial charge < -0.3 is 9.84 Å². The second-order valence-electron chi connectivity index (χ2n) is 6.74. The zero-order valence-corrected chi connectivity index (χ0v) is 15.9. The van der Waals surface area contributed by atoms with Gasteiger partial charge in [0, 0.05) is 18.0 Å². The smallest absolute Gasteiger partial charge is 0.312 e. The number of hydrogen-bond acceptors (Lipinski definition) is 5. The van der Waals surface area contributed by atoms with Crippen molar-refractivity contribution in [2.45, 2.75) is 30.3 Å². The first kappa shape index (κ1) is 19.4. The molecule has 0 saturated heterocycles. The van der Waals surface area contributed by atoms with Gasteiger partial charge in [-0.1, -0.05) is 30.4 Å². The fourth-order valence-electron chi connectivity index (χ4n) is 3.66. The molecule has 1 aliphatic carbocycles. The van der Waals surface area contributed by atoms with E-state index in [4.69, 9.17) is 4.74 Å². The number of allylic oxidation sites excluding steroid dienone is 1. The van der Waals surface area contributed by atoms with E-state index in [0.717, 1.165) is 28.8 Å². The molecule has 1 aromatic carbocycles. The van der Waals surface area contributed by atoms with Crippen molar-refractivity contribution in [1.29, 1.82) is 0 Å². The van der Waals surface area contributed by atoms with Crippen LogP contribution in [0.2, 0.25) is 0 Å². The Hall–Kier alpha value is -2.38. The molecule has 0 radical (unpaired) electrons. The lowest BCUT2D eigenvalue weighted by Gasteiger charge is -2.26. The molecule has 1 fully saturated rings. The zero-order valence-electron chi connectivity index (χ0n) is 15.1. The summed E-state index contributed by atoms with van der Waals surface area (Å²) in [6.45, 7) is 4.01. The van der Waals surface area contributed by atoms with E-state index in [9.17, 15) is 18.3 Å². The molecule has 6 nitrogen and oxygen atoms in total. The van der Waals surface area contributed by atoms with E-state index in [1.807, 2.05) is 0 Å². The van der Waals surface area contributed by atoms with Crippen LogP contribution in [-0.2, 0) is 19.6 Å². The predicted molar refractivity (Wildman–Crippen MR) is 100 cm³/mol. The summed E-state index contributed by atoms with van der Waals surface area (Å²) in [5, 5.41) is 10.9. The lowest BCUT2D eigenvalue weighted by molar-refractivity contribution is -0.151. The number of rotatable bonds is 6. The fraction of sp³-hybridized carbons (Fsp3) is 0.350. The molecule has 1 N–H and O–H groups in total. The Morgan fingerprint density at radius 1 is 1.30 bits per heavy atom. The molecule has 7 heteroatoms. The van der Waals surface area contributed by atoms with Crippen LogP contribution in [0, 0.1) is 11.8 Å². The van der Waals surface area contributed by atoms with Crippen LogP contribution in [0.25, 0.3) is 0 Å². The highest BCUT2D eigenvalue weighted by Gasteiger charge is 2.40. The van der Waals surface area contributed by atoms with Crippen molar-refractivity contribution in [3.05, 3.63) is 66.5 Å². The average molecular weight is 389 g/mol. The van der Waals surface area contributed by atoms with E-state index in [1.165, 1.54) is 37.7 Å². The van der Waals surface area contributed by atoms with Gasteiger partial charge in [0.1, 0.15) is 0 Å². The lowest BCUT2D eigenvalue weighted by Crippen LogP contribution is -2.30. The quantitative estimate of drug-likeness (QED) is 0.606. The van der Waals surface area contributed by atoms with Crippen LogP contribution in [-0.4, -0.2) is 30.6 Å². The molecular weight excluding hydrogens is 366 g/mol. The second kappa shape index (κ2) is 7.70. The van der Waals surface area contributed by atoms with Crippen LogP contribution in [0.5, 0.6) is 0 Å². The number of aromatic nitrogens is 1. The first-order valence-corrected chi connectivity index (χ1v) is 10.2. The van der Waals surface area contributed by atoms with Gasteiger partial charge in [-0.2, -0.15) is 0 Å². The SMILES string of the molecule is C=C1CCCC1C(C(=O)OC)C(O)c1ccn(S(=O)(=O)c2ccccc2)c1. The molecule has 0 amide bonds. The summed E-state index contributed by atoms with van der Waals surface area (Å²) in [6, 6.07) is 9.55.